The number of ether oxygens (including phenoxy) is 2. The van der Waals surface area contributed by atoms with Crippen LogP contribution in [-0.2, 0) is 17.8 Å². The summed E-state index contributed by atoms with van der Waals surface area (Å²) in [6.07, 6.45) is -24.9. The van der Waals surface area contributed by atoms with Crippen molar-refractivity contribution in [1.29, 1.82) is 0 Å². The van der Waals surface area contributed by atoms with Gasteiger partial charge in [0.1, 0.15) is 12.4 Å². The predicted molar refractivity (Wildman–Crippen MR) is 313 cm³/mol. The van der Waals surface area contributed by atoms with Crippen LogP contribution < -0.4 is 10.1 Å². The van der Waals surface area contributed by atoms with Crippen LogP contribution in [0.3, 0.4) is 0 Å². The molecule has 3 nitrogen and oxygen atoms in total. The zero-order valence-corrected chi connectivity index (χ0v) is 34.4. The lowest BCUT2D eigenvalue weighted by atomic mass is 8.26. The van der Waals surface area contributed by atoms with Crippen molar-refractivity contribution in [3.63, 3.8) is 0 Å². The van der Waals surface area contributed by atoms with E-state index in [1.54, 1.807) is 7.11 Å². The fraction of sp³-hybridized carbons (Fsp3) is 0.455. The van der Waals surface area contributed by atoms with E-state index in [0.29, 0.717) is 13.2 Å². The molecule has 48 heteroatoms. The van der Waals surface area contributed by atoms with Crippen molar-refractivity contribution in [2.75, 3.05) is 20.3 Å². The minimum Gasteiger partial charge on any atom is -0.491 e. The van der Waals surface area contributed by atoms with E-state index < -0.39 is 134 Å². The molecule has 0 aliphatic carbocycles. The van der Waals surface area contributed by atoms with Crippen LogP contribution >= 0.6 is 0 Å². The van der Waals surface area contributed by atoms with Crippen molar-refractivity contribution in [1.82, 2.24) is 5.32 Å². The van der Waals surface area contributed by atoms with Crippen LogP contribution in [0.15, 0.2) is 18.2 Å². The standard InChI is InChI=1S/C11H15NO2.B45/c1-13-4-5-14-11-3-2-9-7-12-8-10(9)6-11;1-24-36(25(2)3)42(37(26(4)5)27(6)7)45(43(38(28(8)9)29(10)11)39(30(12)13)31(14)15)44(40(32(16)17)33(18)19)41(34(20)21)35(22)23/h2-3,6,12H,4-5,7-8H2,1H3;. The Kier molecular flexibility index (Phi) is 28.7. The number of nitrogens with one attached hydrogen (secondary N) is 1. The molecular weight excluding hydrogens is 665 g/mol. The van der Waals surface area contributed by atoms with Gasteiger partial charge >= 0.3 is 0 Å². The van der Waals surface area contributed by atoms with E-state index in [1.807, 2.05) is 6.07 Å². The van der Waals surface area contributed by atoms with Crippen molar-refractivity contribution >= 4 is 319 Å². The molecule has 0 saturated heterocycles. The van der Waals surface area contributed by atoms with Crippen molar-refractivity contribution in [2.45, 2.75) is 13.1 Å². The number of hydrogen-bond donors (Lipinski definition) is 1. The fourth-order valence-electron chi connectivity index (χ4n) is 9.05. The number of hydrogen-bond acceptors (Lipinski definition) is 3. The van der Waals surface area contributed by atoms with E-state index in [4.69, 9.17) is 187 Å². The van der Waals surface area contributed by atoms with Crippen LogP contribution in [0, 0.1) is 0 Å². The molecule has 1 aromatic carbocycles. The normalized spacial score (nSPS) is 10.7. The van der Waals surface area contributed by atoms with Crippen molar-refractivity contribution in [2.24, 2.45) is 0 Å². The van der Waals surface area contributed by atoms with E-state index in [-0.39, 0.29) is 0 Å². The van der Waals surface area contributed by atoms with Gasteiger partial charge in [0, 0.05) is 339 Å². The summed E-state index contributed by atoms with van der Waals surface area (Å²) in [7, 11) is 149. The van der Waals surface area contributed by atoms with Gasteiger partial charge in [0.25, 0.3) is 0 Å². The number of benzene rings is 1. The summed E-state index contributed by atoms with van der Waals surface area (Å²) in [6, 6.07) is 6.24. The van der Waals surface area contributed by atoms with Crippen LogP contribution in [0.25, 0.3) is 0 Å². The highest BCUT2D eigenvalue weighted by atomic mass is 16.5. The maximum atomic E-state index is 6.35. The summed E-state index contributed by atoms with van der Waals surface area (Å²) in [6.45, 7) is 3.18. The predicted octanol–water partition coefficient (Wildman–Crippen LogP) is -15.8. The van der Waals surface area contributed by atoms with Gasteiger partial charge in [-0.2, -0.15) is 0 Å². The Labute approximate surface area is 399 Å². The summed E-state index contributed by atoms with van der Waals surface area (Å²) >= 11 is 0. The quantitative estimate of drug-likeness (QED) is 0.0824. The molecule has 0 amide bonds. The van der Waals surface area contributed by atoms with E-state index in [9.17, 15) is 0 Å². The Hall–Kier alpha value is 1.86. The SMILES string of the molecule is COCCOc1ccc2c(c1)CNC2.[B][B]B(B([B])[B])B(B(B([B])[B])B([B])[B])B(B(B(B([B])[B])B([B])[B])B(B([B])[B])B([B])[B])B(B(B([B])[B])B([B])[B])B(B([B])[B])B([B])[B]. The summed E-state index contributed by atoms with van der Waals surface area (Å²) < 4.78 is 10.4. The first kappa shape index (κ1) is 58.9. The van der Waals surface area contributed by atoms with Crippen molar-refractivity contribution in [3.8, 4) is 5.75 Å². The second-order valence-corrected chi connectivity index (χ2v) is 15.7. The summed E-state index contributed by atoms with van der Waals surface area (Å²) in [4.78, 5) is 0. The summed E-state index contributed by atoms with van der Waals surface area (Å²) in [5.41, 5.74) is 2.73. The molecule has 2 rings (SSSR count). The van der Waals surface area contributed by atoms with Crippen LogP contribution in [0.5, 0.6) is 5.75 Å². The lowest BCUT2D eigenvalue weighted by molar-refractivity contribution is 0.146. The average Bonchev–Trinajstić information content (AvgIpc) is 3.55. The Balaban J connectivity index is 0.00000103. The van der Waals surface area contributed by atoms with Crippen molar-refractivity contribution < 1.29 is 9.47 Å². The third-order valence-electron chi connectivity index (χ3n) is 11.5. The molecule has 47 radical (unpaired) electrons. The van der Waals surface area contributed by atoms with Crippen LogP contribution in [0.1, 0.15) is 11.1 Å². The first-order valence-electron chi connectivity index (χ1n) is 19.5. The van der Waals surface area contributed by atoms with Crippen LogP contribution in [-0.4, -0.2) is 339 Å². The van der Waals surface area contributed by atoms with Crippen LogP contribution in [0.2, 0.25) is 0 Å². The highest BCUT2D eigenvalue weighted by molar-refractivity contribution is 8.34. The molecule has 59 heavy (non-hydrogen) atoms. The van der Waals surface area contributed by atoms with Gasteiger partial charge < -0.3 is 14.8 Å². The lowest BCUT2D eigenvalue weighted by Gasteiger charge is -2.56. The van der Waals surface area contributed by atoms with Crippen molar-refractivity contribution in [3.05, 3.63) is 29.3 Å². The van der Waals surface area contributed by atoms with Gasteiger partial charge in [-0.1, -0.05) is 6.07 Å². The van der Waals surface area contributed by atoms with Gasteiger partial charge in [-0.05, 0) is 23.3 Å². The van der Waals surface area contributed by atoms with Crippen LogP contribution in [0.4, 0.5) is 0 Å². The monoisotopic (exact) mass is 689 g/mol. The molecule has 0 saturated carbocycles. The molecule has 0 atom stereocenters. The second kappa shape index (κ2) is 28.8. The Bertz CT molecular complexity index is 1160. The molecular formula is C11H15B45NO2. The molecule has 0 bridgehead atoms. The Morgan fingerprint density at radius 3 is 1.07 bits per heavy atom. The molecule has 1 heterocycles. The molecule has 0 unspecified atom stereocenters. The third-order valence-corrected chi connectivity index (χ3v) is 11.5. The maximum Gasteiger partial charge on any atom is 0.119 e. The molecule has 1 aliphatic heterocycles. The number of rotatable bonds is 25. The molecule has 0 aromatic heterocycles. The Morgan fingerprint density at radius 1 is 0.441 bits per heavy atom. The van der Waals surface area contributed by atoms with Gasteiger partial charge in [-0.25, -0.2) is 0 Å². The van der Waals surface area contributed by atoms with Gasteiger partial charge in [0.2, 0.25) is 0 Å². The summed E-state index contributed by atoms with van der Waals surface area (Å²) in [5, 5.41) is 3.30. The van der Waals surface area contributed by atoms with E-state index in [0.717, 1.165) is 18.8 Å². The molecule has 0 spiro atoms. The first-order valence-corrected chi connectivity index (χ1v) is 19.5. The molecule has 211 valence electrons. The zero-order valence-electron chi connectivity index (χ0n) is 34.4. The fourth-order valence-corrected chi connectivity index (χ4v) is 9.05. The average molecular weight is 680 g/mol. The second-order valence-electron chi connectivity index (χ2n) is 15.7. The first-order chi connectivity index (χ1) is 27.4. The molecule has 1 aliphatic rings. The highest BCUT2D eigenvalue weighted by Gasteiger charge is 2.58. The summed E-state index contributed by atoms with van der Waals surface area (Å²) in [5.74, 6) is 0.935. The van der Waals surface area contributed by atoms with E-state index in [1.165, 1.54) is 18.2 Å². The lowest BCUT2D eigenvalue weighted by Crippen LogP contribution is -2.94. The number of fused-ring (bicyclic) bond motifs is 1. The topological polar surface area (TPSA) is 30.5 Å². The maximum absolute atomic E-state index is 6.35. The molecule has 1 aromatic rings. The van der Waals surface area contributed by atoms with E-state index >= 15 is 0 Å². The number of methoxy groups -OCH3 is 1. The highest BCUT2D eigenvalue weighted by Crippen LogP contribution is 2.22. The van der Waals surface area contributed by atoms with Gasteiger partial charge in [-0.3, -0.25) is 0 Å². The zero-order chi connectivity index (χ0) is 45.6. The molecule has 1 N–H and O–H groups in total. The largest absolute Gasteiger partial charge is 0.491 e. The smallest absolute Gasteiger partial charge is 0.119 e. The van der Waals surface area contributed by atoms with Gasteiger partial charge in [0.15, 0.2) is 0 Å². The van der Waals surface area contributed by atoms with Gasteiger partial charge in [0.05, 0.1) is 6.61 Å². The molecule has 0 fully saturated rings. The van der Waals surface area contributed by atoms with Gasteiger partial charge in [-0.15, -0.1) is 0 Å². The van der Waals surface area contributed by atoms with E-state index in [2.05, 4.69) is 17.4 Å². The minimum atomic E-state index is -1.27. The Morgan fingerprint density at radius 2 is 0.763 bits per heavy atom. The minimum absolute atomic E-state index is 0.614. The third kappa shape index (κ3) is 17.2.